The Balaban J connectivity index is 3.66. The van der Waals surface area contributed by atoms with Crippen LogP contribution in [0.1, 0.15) is 60.3 Å². The predicted molar refractivity (Wildman–Crippen MR) is 65.7 cm³/mol. The van der Waals surface area contributed by atoms with E-state index in [1.807, 2.05) is 0 Å². The number of unbranched alkanes of at least 4 members (excludes halogenated alkanes) is 2. The van der Waals surface area contributed by atoms with Crippen molar-refractivity contribution in [1.82, 2.24) is 5.32 Å². The Hall–Kier alpha value is -0.300. The third-order valence-corrected chi connectivity index (χ3v) is 2.50. The van der Waals surface area contributed by atoms with Gasteiger partial charge in [0, 0.05) is 12.1 Å². The molecule has 84 valence electrons. The third kappa shape index (κ3) is 8.31. The van der Waals surface area contributed by atoms with Gasteiger partial charge in [0.2, 0.25) is 0 Å². The lowest BCUT2D eigenvalue weighted by Crippen LogP contribution is -2.39. The van der Waals surface area contributed by atoms with E-state index in [1.54, 1.807) is 0 Å². The molecule has 0 atom stereocenters. The van der Waals surface area contributed by atoms with E-state index in [4.69, 9.17) is 0 Å². The van der Waals surface area contributed by atoms with E-state index in [1.165, 1.54) is 31.3 Å². The molecule has 0 amide bonds. The minimum absolute atomic E-state index is 0.293. The predicted octanol–water partition coefficient (Wildman–Crippen LogP) is 3.90. The molecule has 0 saturated carbocycles. The van der Waals surface area contributed by atoms with Crippen LogP contribution in [-0.4, -0.2) is 12.1 Å². The normalized spacial score (nSPS) is 11.5. The fourth-order valence-electron chi connectivity index (χ4n) is 1.44. The van der Waals surface area contributed by atoms with Crippen LogP contribution in [0.2, 0.25) is 0 Å². The minimum Gasteiger partial charge on any atom is -0.308 e. The fraction of sp³-hybridized carbons (Fsp3) is 0.846. The number of rotatable bonds is 7. The summed E-state index contributed by atoms with van der Waals surface area (Å²) in [6.07, 6.45) is 7.53. The van der Waals surface area contributed by atoms with Crippen molar-refractivity contribution >= 4 is 0 Å². The summed E-state index contributed by atoms with van der Waals surface area (Å²) < 4.78 is 0. The summed E-state index contributed by atoms with van der Waals surface area (Å²) in [5.74, 6) is 0. The van der Waals surface area contributed by atoms with Crippen molar-refractivity contribution in [3.8, 4) is 0 Å². The number of nitrogens with one attached hydrogen (secondary N) is 1. The van der Waals surface area contributed by atoms with Crippen molar-refractivity contribution in [1.29, 1.82) is 0 Å². The van der Waals surface area contributed by atoms with Crippen molar-refractivity contribution in [3.05, 3.63) is 11.6 Å². The quantitative estimate of drug-likeness (QED) is 0.482. The molecule has 0 aromatic rings. The fourth-order valence-corrected chi connectivity index (χ4v) is 1.44. The van der Waals surface area contributed by atoms with Gasteiger partial charge in [0.15, 0.2) is 0 Å². The highest BCUT2D eigenvalue weighted by atomic mass is 14.9. The van der Waals surface area contributed by atoms with Crippen molar-refractivity contribution in [2.45, 2.75) is 65.8 Å². The van der Waals surface area contributed by atoms with E-state index in [-0.39, 0.29) is 0 Å². The largest absolute Gasteiger partial charge is 0.308 e. The van der Waals surface area contributed by atoms with Crippen LogP contribution in [0.3, 0.4) is 0 Å². The first-order chi connectivity index (χ1) is 6.48. The Morgan fingerprint density at radius 1 is 1.21 bits per heavy atom. The molecule has 0 fully saturated rings. The lowest BCUT2D eigenvalue weighted by atomic mass is 9.97. The minimum atomic E-state index is 0.293. The maximum Gasteiger partial charge on any atom is 0.0142 e. The molecular formula is C13H27N. The Bertz CT molecular complexity index is 164. The summed E-state index contributed by atoms with van der Waals surface area (Å²) in [5, 5.41) is 3.57. The van der Waals surface area contributed by atoms with Crippen molar-refractivity contribution in [3.63, 3.8) is 0 Å². The topological polar surface area (TPSA) is 12.0 Å². The molecule has 0 aliphatic heterocycles. The van der Waals surface area contributed by atoms with Gasteiger partial charge >= 0.3 is 0 Å². The Labute approximate surface area is 90.0 Å². The van der Waals surface area contributed by atoms with Gasteiger partial charge in [0.25, 0.3) is 0 Å². The standard InChI is InChI=1S/C13H27N/c1-6-7-8-10-13(4,5)14-11-9-12(2)3/h9,14H,6-8,10-11H2,1-5H3. The molecule has 1 nitrogen and oxygen atoms in total. The van der Waals surface area contributed by atoms with E-state index >= 15 is 0 Å². The summed E-state index contributed by atoms with van der Waals surface area (Å²) >= 11 is 0. The molecule has 0 radical (unpaired) electrons. The highest BCUT2D eigenvalue weighted by Crippen LogP contribution is 2.13. The first-order valence-corrected chi connectivity index (χ1v) is 5.86. The van der Waals surface area contributed by atoms with Crippen molar-refractivity contribution in [2.24, 2.45) is 0 Å². The van der Waals surface area contributed by atoms with E-state index in [2.05, 4.69) is 46.0 Å². The van der Waals surface area contributed by atoms with Crippen LogP contribution in [-0.2, 0) is 0 Å². The zero-order valence-electron chi connectivity index (χ0n) is 10.6. The van der Waals surface area contributed by atoms with E-state index < -0.39 is 0 Å². The van der Waals surface area contributed by atoms with Gasteiger partial charge in [-0.1, -0.05) is 37.8 Å². The van der Waals surface area contributed by atoms with Crippen LogP contribution in [0.5, 0.6) is 0 Å². The zero-order valence-corrected chi connectivity index (χ0v) is 10.6. The van der Waals surface area contributed by atoms with Gasteiger partial charge in [-0.2, -0.15) is 0 Å². The average molecular weight is 197 g/mol. The number of hydrogen-bond donors (Lipinski definition) is 1. The molecule has 0 rings (SSSR count). The van der Waals surface area contributed by atoms with Crippen LogP contribution in [0.4, 0.5) is 0 Å². The highest BCUT2D eigenvalue weighted by molar-refractivity contribution is 4.95. The lowest BCUT2D eigenvalue weighted by Gasteiger charge is -2.25. The third-order valence-electron chi connectivity index (χ3n) is 2.50. The molecular weight excluding hydrogens is 170 g/mol. The first-order valence-electron chi connectivity index (χ1n) is 5.86. The Kier molecular flexibility index (Phi) is 6.90. The summed E-state index contributed by atoms with van der Waals surface area (Å²) in [6, 6.07) is 0. The van der Waals surface area contributed by atoms with Crippen LogP contribution in [0.25, 0.3) is 0 Å². The van der Waals surface area contributed by atoms with Gasteiger partial charge in [-0.25, -0.2) is 0 Å². The maximum atomic E-state index is 3.57. The van der Waals surface area contributed by atoms with Gasteiger partial charge in [0.1, 0.15) is 0 Å². The maximum absolute atomic E-state index is 3.57. The Morgan fingerprint density at radius 3 is 2.36 bits per heavy atom. The molecule has 0 aliphatic rings. The van der Waals surface area contributed by atoms with Gasteiger partial charge in [-0.3, -0.25) is 0 Å². The summed E-state index contributed by atoms with van der Waals surface area (Å²) in [7, 11) is 0. The molecule has 14 heavy (non-hydrogen) atoms. The van der Waals surface area contributed by atoms with Crippen LogP contribution >= 0.6 is 0 Å². The van der Waals surface area contributed by atoms with Crippen LogP contribution in [0.15, 0.2) is 11.6 Å². The molecule has 0 bridgehead atoms. The number of hydrogen-bond acceptors (Lipinski definition) is 1. The molecule has 1 heteroatoms. The van der Waals surface area contributed by atoms with Crippen LogP contribution in [0, 0.1) is 0 Å². The smallest absolute Gasteiger partial charge is 0.0142 e. The van der Waals surface area contributed by atoms with E-state index in [0.717, 1.165) is 6.54 Å². The summed E-state index contributed by atoms with van der Waals surface area (Å²) in [6.45, 7) is 12.1. The summed E-state index contributed by atoms with van der Waals surface area (Å²) in [5.41, 5.74) is 1.68. The van der Waals surface area contributed by atoms with Gasteiger partial charge in [0.05, 0.1) is 0 Å². The Morgan fingerprint density at radius 2 is 1.86 bits per heavy atom. The zero-order chi connectivity index (χ0) is 11.0. The van der Waals surface area contributed by atoms with E-state index in [0.29, 0.717) is 5.54 Å². The molecule has 0 spiro atoms. The second-order valence-corrected chi connectivity index (χ2v) is 5.00. The molecule has 0 aliphatic carbocycles. The molecule has 0 saturated heterocycles. The molecule has 1 N–H and O–H groups in total. The molecule has 0 unspecified atom stereocenters. The molecule has 0 aromatic heterocycles. The lowest BCUT2D eigenvalue weighted by molar-refractivity contribution is 0.363. The SMILES string of the molecule is CCCCCC(C)(C)NCC=C(C)C. The molecule has 0 aromatic carbocycles. The van der Waals surface area contributed by atoms with Gasteiger partial charge < -0.3 is 5.32 Å². The number of allylic oxidation sites excluding steroid dienone is 1. The van der Waals surface area contributed by atoms with Gasteiger partial charge in [-0.05, 0) is 34.1 Å². The van der Waals surface area contributed by atoms with Crippen molar-refractivity contribution < 1.29 is 0 Å². The molecule has 0 heterocycles. The van der Waals surface area contributed by atoms with Gasteiger partial charge in [-0.15, -0.1) is 0 Å². The van der Waals surface area contributed by atoms with Crippen molar-refractivity contribution in [2.75, 3.05) is 6.54 Å². The average Bonchev–Trinajstić information content (AvgIpc) is 2.03. The second-order valence-electron chi connectivity index (χ2n) is 5.00. The van der Waals surface area contributed by atoms with Crippen LogP contribution < -0.4 is 5.32 Å². The monoisotopic (exact) mass is 197 g/mol. The first kappa shape index (κ1) is 13.7. The van der Waals surface area contributed by atoms with E-state index in [9.17, 15) is 0 Å². The summed E-state index contributed by atoms with van der Waals surface area (Å²) in [4.78, 5) is 0. The second kappa shape index (κ2) is 7.05. The highest BCUT2D eigenvalue weighted by Gasteiger charge is 2.14.